The monoisotopic (exact) mass is 538 g/mol. The molecule has 4 nitrogen and oxygen atoms in total. The van der Waals surface area contributed by atoms with Crippen LogP contribution in [0.2, 0.25) is 0 Å². The molecule has 0 heterocycles. The Balaban J connectivity index is 1.47. The summed E-state index contributed by atoms with van der Waals surface area (Å²) in [5.41, 5.74) is 2.20. The lowest BCUT2D eigenvalue weighted by Gasteiger charge is -2.22. The van der Waals surface area contributed by atoms with Crippen LogP contribution < -0.4 is 9.47 Å². The maximum Gasteiger partial charge on any atom is 0.307 e. The van der Waals surface area contributed by atoms with Gasteiger partial charge >= 0.3 is 5.97 Å². The molecule has 0 aromatic heterocycles. The number of benzene rings is 3. The van der Waals surface area contributed by atoms with Crippen molar-refractivity contribution in [3.8, 4) is 22.6 Å². The quantitative estimate of drug-likeness (QED) is 0.339. The fourth-order valence-electron chi connectivity index (χ4n) is 6.48. The summed E-state index contributed by atoms with van der Waals surface area (Å²) in [5, 5.41) is 9.64. The fourth-order valence-corrected chi connectivity index (χ4v) is 6.48. The van der Waals surface area contributed by atoms with Gasteiger partial charge in [0.05, 0.1) is 13.0 Å². The van der Waals surface area contributed by atoms with Crippen LogP contribution in [0.5, 0.6) is 11.5 Å². The Morgan fingerprint density at radius 2 is 1.79 bits per heavy atom. The van der Waals surface area contributed by atoms with E-state index >= 15 is 8.78 Å². The summed E-state index contributed by atoms with van der Waals surface area (Å²) in [5.74, 6) is -3.28. The maximum absolute atomic E-state index is 15.8. The second-order valence-corrected chi connectivity index (χ2v) is 12.0. The summed E-state index contributed by atoms with van der Waals surface area (Å²) in [6, 6.07) is 11.2. The zero-order valence-electron chi connectivity index (χ0n) is 22.8. The molecule has 5 rings (SSSR count). The van der Waals surface area contributed by atoms with Crippen molar-refractivity contribution in [2.24, 2.45) is 17.3 Å². The van der Waals surface area contributed by atoms with Gasteiger partial charge in [0.1, 0.15) is 24.0 Å². The number of carboxylic acids is 1. The van der Waals surface area contributed by atoms with E-state index in [-0.39, 0.29) is 40.6 Å². The Kier molecular flexibility index (Phi) is 6.68. The molecule has 1 spiro atoms. The van der Waals surface area contributed by atoms with E-state index in [9.17, 15) is 14.3 Å². The molecule has 39 heavy (non-hydrogen) atoms. The van der Waals surface area contributed by atoms with Gasteiger partial charge in [-0.25, -0.2) is 13.2 Å². The lowest BCUT2D eigenvalue weighted by atomic mass is 9.84. The maximum atomic E-state index is 15.8. The van der Waals surface area contributed by atoms with Crippen molar-refractivity contribution in [1.82, 2.24) is 0 Å². The highest BCUT2D eigenvalue weighted by Crippen LogP contribution is 2.67. The van der Waals surface area contributed by atoms with Crippen LogP contribution in [-0.2, 0) is 29.7 Å². The van der Waals surface area contributed by atoms with E-state index in [0.717, 1.165) is 22.8 Å². The molecule has 1 saturated carbocycles. The molecule has 0 bridgehead atoms. The molecule has 3 unspecified atom stereocenters. The van der Waals surface area contributed by atoms with Crippen molar-refractivity contribution in [3.05, 3.63) is 82.2 Å². The van der Waals surface area contributed by atoms with Crippen LogP contribution in [0.3, 0.4) is 0 Å². The number of rotatable bonds is 7. The zero-order chi connectivity index (χ0) is 28.3. The van der Waals surface area contributed by atoms with E-state index in [2.05, 4.69) is 20.8 Å². The van der Waals surface area contributed by atoms with E-state index in [4.69, 9.17) is 9.47 Å². The fraction of sp³-hybridized carbons (Fsp3) is 0.406. The summed E-state index contributed by atoms with van der Waals surface area (Å²) >= 11 is 0. The molecule has 2 aliphatic carbocycles. The second kappa shape index (κ2) is 9.61. The number of halogens is 3. The van der Waals surface area contributed by atoms with Crippen molar-refractivity contribution in [2.45, 2.75) is 59.0 Å². The van der Waals surface area contributed by atoms with Crippen LogP contribution in [0.25, 0.3) is 11.1 Å². The van der Waals surface area contributed by atoms with Crippen molar-refractivity contribution >= 4 is 5.97 Å². The molecule has 1 N–H and O–H groups in total. The third-order valence-electron chi connectivity index (χ3n) is 8.31. The molecule has 0 radical (unpaired) electrons. The van der Waals surface area contributed by atoms with E-state index in [1.165, 1.54) is 13.2 Å². The zero-order valence-corrected chi connectivity index (χ0v) is 22.8. The second-order valence-electron chi connectivity index (χ2n) is 12.0. The number of carboxylic acid groups (broad SMARTS) is 1. The normalized spacial score (nSPS) is 21.6. The first-order valence-electron chi connectivity index (χ1n) is 13.2. The number of hydrogen-bond acceptors (Lipinski definition) is 3. The van der Waals surface area contributed by atoms with Crippen LogP contribution >= 0.6 is 0 Å². The van der Waals surface area contributed by atoms with Gasteiger partial charge in [0.25, 0.3) is 0 Å². The highest BCUT2D eigenvalue weighted by Gasteiger charge is 2.70. The minimum Gasteiger partial charge on any atom is -0.497 e. The number of carbonyl (C=O) groups is 1. The van der Waals surface area contributed by atoms with Crippen LogP contribution in [0.15, 0.2) is 42.5 Å². The molecule has 0 saturated heterocycles. The third-order valence-corrected chi connectivity index (χ3v) is 8.31. The summed E-state index contributed by atoms with van der Waals surface area (Å²) in [7, 11) is 1.53. The molecular formula is C32H33F3O4. The topological polar surface area (TPSA) is 55.8 Å². The number of ether oxygens (including phenoxy) is 2. The van der Waals surface area contributed by atoms with E-state index < -0.39 is 28.9 Å². The average Bonchev–Trinajstić information content (AvgIpc) is 3.25. The Bertz CT molecular complexity index is 1460. The lowest BCUT2D eigenvalue weighted by molar-refractivity contribution is -0.139. The van der Waals surface area contributed by atoms with Gasteiger partial charge in [-0.15, -0.1) is 0 Å². The molecule has 206 valence electrons. The molecule has 0 amide bonds. The van der Waals surface area contributed by atoms with E-state index in [0.29, 0.717) is 30.6 Å². The van der Waals surface area contributed by atoms with Gasteiger partial charge in [-0.3, -0.25) is 4.79 Å². The number of hydrogen-bond donors (Lipinski definition) is 1. The van der Waals surface area contributed by atoms with Gasteiger partial charge in [-0.2, -0.15) is 0 Å². The van der Waals surface area contributed by atoms with Crippen LogP contribution in [-0.4, -0.2) is 18.2 Å². The standard InChI is InChI=1S/C32H33F3O4/c1-17-27(30(36)37)32(17)11-10-22-25(34)14-26(29(35)28(22)32)39-16-18-6-8-21(19(12-18)15-31(2,3)4)23-13-20(38-5)7-9-24(23)33/h6-9,12-14,17,27H,10-11,15-16H2,1-5H3,(H,36,37). The summed E-state index contributed by atoms with van der Waals surface area (Å²) in [6.45, 7) is 8.01. The Morgan fingerprint density at radius 3 is 2.44 bits per heavy atom. The van der Waals surface area contributed by atoms with Crippen LogP contribution in [0.4, 0.5) is 13.2 Å². The molecule has 0 aliphatic heterocycles. The number of methoxy groups -OCH3 is 1. The predicted octanol–water partition coefficient (Wildman–Crippen LogP) is 7.48. The van der Waals surface area contributed by atoms with Crippen molar-refractivity contribution in [3.63, 3.8) is 0 Å². The van der Waals surface area contributed by atoms with Gasteiger partial charge in [-0.1, -0.05) is 45.9 Å². The van der Waals surface area contributed by atoms with Crippen molar-refractivity contribution in [2.75, 3.05) is 7.11 Å². The lowest BCUT2D eigenvalue weighted by Crippen LogP contribution is -2.15. The molecular weight excluding hydrogens is 505 g/mol. The SMILES string of the molecule is COc1ccc(F)c(-c2ccc(COc3cc(F)c4c(c3F)C3(CC4)C(C)C3C(=O)O)cc2CC(C)(C)C)c1. The van der Waals surface area contributed by atoms with Gasteiger partial charge < -0.3 is 14.6 Å². The minimum atomic E-state index is -0.986. The highest BCUT2D eigenvalue weighted by atomic mass is 19.1. The van der Waals surface area contributed by atoms with Crippen LogP contribution in [0.1, 0.15) is 56.4 Å². The van der Waals surface area contributed by atoms with Crippen molar-refractivity contribution in [1.29, 1.82) is 0 Å². The molecule has 3 atom stereocenters. The molecule has 7 heteroatoms. The average molecular weight is 539 g/mol. The van der Waals surface area contributed by atoms with Crippen molar-refractivity contribution < 1.29 is 32.5 Å². The Labute approximate surface area is 226 Å². The highest BCUT2D eigenvalue weighted by molar-refractivity contribution is 5.79. The molecule has 3 aromatic carbocycles. The van der Waals surface area contributed by atoms with E-state index in [1.807, 2.05) is 12.1 Å². The number of aliphatic carboxylic acids is 1. The minimum absolute atomic E-state index is 0.0297. The first kappa shape index (κ1) is 27.1. The largest absolute Gasteiger partial charge is 0.497 e. The third kappa shape index (κ3) is 4.66. The Morgan fingerprint density at radius 1 is 1.05 bits per heavy atom. The van der Waals surface area contributed by atoms with E-state index in [1.54, 1.807) is 25.1 Å². The Hall–Kier alpha value is -3.48. The van der Waals surface area contributed by atoms with Gasteiger partial charge in [0.2, 0.25) is 0 Å². The smallest absolute Gasteiger partial charge is 0.307 e. The first-order valence-corrected chi connectivity index (χ1v) is 13.2. The number of fused-ring (bicyclic) bond motifs is 2. The summed E-state index contributed by atoms with van der Waals surface area (Å²) in [4.78, 5) is 11.8. The van der Waals surface area contributed by atoms with Crippen LogP contribution in [0, 0.1) is 34.7 Å². The summed E-state index contributed by atoms with van der Waals surface area (Å²) in [6.07, 6.45) is 1.37. The van der Waals surface area contributed by atoms with Gasteiger partial charge in [0.15, 0.2) is 11.6 Å². The van der Waals surface area contributed by atoms with Gasteiger partial charge in [0, 0.05) is 22.6 Å². The summed E-state index contributed by atoms with van der Waals surface area (Å²) < 4.78 is 56.8. The van der Waals surface area contributed by atoms with Gasteiger partial charge in [-0.05, 0) is 71.0 Å². The molecule has 3 aromatic rings. The molecule has 2 aliphatic rings. The first-order chi connectivity index (χ1) is 18.4. The predicted molar refractivity (Wildman–Crippen MR) is 143 cm³/mol. The molecule has 1 fully saturated rings.